The maximum absolute atomic E-state index is 12.4. The van der Waals surface area contributed by atoms with Gasteiger partial charge in [-0.3, -0.25) is 4.79 Å². The van der Waals surface area contributed by atoms with Crippen LogP contribution in [0.3, 0.4) is 0 Å². The van der Waals surface area contributed by atoms with E-state index in [1.54, 1.807) is 6.92 Å². The first kappa shape index (κ1) is 27.0. The topological polar surface area (TPSA) is 66.8 Å². The highest BCUT2D eigenvalue weighted by atomic mass is 16.5. The lowest BCUT2D eigenvalue weighted by molar-refractivity contribution is -0.282. The van der Waals surface area contributed by atoms with Crippen LogP contribution >= 0.6 is 0 Å². The zero-order chi connectivity index (χ0) is 26.7. The Morgan fingerprint density at radius 3 is 2.03 bits per heavy atom. The molecule has 11 unspecified atom stereocenters. The summed E-state index contributed by atoms with van der Waals surface area (Å²) in [7, 11) is 0. The summed E-state index contributed by atoms with van der Waals surface area (Å²) in [6, 6.07) is 0. The van der Waals surface area contributed by atoms with Gasteiger partial charge in [0.2, 0.25) is 0 Å². The van der Waals surface area contributed by atoms with Gasteiger partial charge in [-0.25, -0.2) is 0 Å². The van der Waals surface area contributed by atoms with Gasteiger partial charge in [-0.15, -0.1) is 0 Å². The van der Waals surface area contributed by atoms with E-state index in [0.29, 0.717) is 17.8 Å². The average Bonchev–Trinajstić information content (AvgIpc) is 3.06. The van der Waals surface area contributed by atoms with E-state index in [1.165, 1.54) is 32.1 Å². The van der Waals surface area contributed by atoms with E-state index in [2.05, 4.69) is 41.5 Å². The largest absolute Gasteiger partial charge is 0.462 e. The lowest BCUT2D eigenvalue weighted by atomic mass is 9.31. The Morgan fingerprint density at radius 2 is 1.44 bits per heavy atom. The van der Waals surface area contributed by atoms with E-state index < -0.39 is 11.7 Å². The van der Waals surface area contributed by atoms with Gasteiger partial charge in [0.15, 0.2) is 0 Å². The first-order valence-electron chi connectivity index (χ1n) is 15.0. The quantitative estimate of drug-likeness (QED) is 0.409. The molecule has 5 aliphatic rings. The molecule has 2 N–H and O–H groups in total. The summed E-state index contributed by atoms with van der Waals surface area (Å²) < 4.78 is 6.27. The van der Waals surface area contributed by atoms with Crippen molar-refractivity contribution in [2.24, 2.45) is 56.7 Å². The predicted octanol–water partition coefficient (Wildman–Crippen LogP) is 6.76. The Hall–Kier alpha value is -0.610. The Labute approximate surface area is 220 Å². The van der Waals surface area contributed by atoms with Gasteiger partial charge < -0.3 is 14.9 Å². The third-order valence-electron chi connectivity index (χ3n) is 13.7. The van der Waals surface area contributed by atoms with E-state index in [4.69, 9.17) is 4.74 Å². The van der Waals surface area contributed by atoms with Crippen LogP contribution in [0.1, 0.15) is 120 Å². The first-order chi connectivity index (χ1) is 16.4. The number of aliphatic hydroxyl groups excluding tert-OH is 1. The number of esters is 1. The summed E-state index contributed by atoms with van der Waals surface area (Å²) in [4.78, 5) is 12.4. The van der Waals surface area contributed by atoms with Gasteiger partial charge >= 0.3 is 5.97 Å². The maximum atomic E-state index is 12.4. The van der Waals surface area contributed by atoms with E-state index in [1.807, 2.05) is 13.8 Å². The Morgan fingerprint density at radius 1 is 0.861 bits per heavy atom. The van der Waals surface area contributed by atoms with Gasteiger partial charge in [-0.2, -0.15) is 0 Å². The number of hydrogen-bond donors (Lipinski definition) is 2. The summed E-state index contributed by atoms with van der Waals surface area (Å²) >= 11 is 0. The zero-order valence-corrected chi connectivity index (χ0v) is 24.6. The van der Waals surface area contributed by atoms with Crippen LogP contribution in [0.4, 0.5) is 0 Å². The standard InChI is InChI=1S/C32H54O4/c1-19(33)36-22-18-32(9)24(30(7)15-10-14-27(2,3)26(22)30)12-11-23-29(6)16-13-20(28(4,5)35)25(29)21(34)17-31(23,32)8/h20-26,34-35H,10-18H2,1-9H3. The van der Waals surface area contributed by atoms with Crippen molar-refractivity contribution in [3.63, 3.8) is 0 Å². The fourth-order valence-electron chi connectivity index (χ4n) is 12.7. The summed E-state index contributed by atoms with van der Waals surface area (Å²) in [5.74, 6) is 1.61. The second kappa shape index (κ2) is 7.96. The van der Waals surface area contributed by atoms with Crippen molar-refractivity contribution in [1.82, 2.24) is 0 Å². The molecule has 4 nitrogen and oxygen atoms in total. The highest BCUT2D eigenvalue weighted by molar-refractivity contribution is 5.66. The number of ether oxygens (including phenoxy) is 1. The van der Waals surface area contributed by atoms with Crippen molar-refractivity contribution >= 4 is 5.97 Å². The van der Waals surface area contributed by atoms with Crippen molar-refractivity contribution in [2.75, 3.05) is 0 Å². The van der Waals surface area contributed by atoms with Crippen molar-refractivity contribution in [3.8, 4) is 0 Å². The molecule has 206 valence electrons. The summed E-state index contributed by atoms with van der Waals surface area (Å²) in [5, 5.41) is 22.9. The van der Waals surface area contributed by atoms with Gasteiger partial charge in [0.05, 0.1) is 11.7 Å². The Balaban J connectivity index is 1.60. The number of aliphatic hydroxyl groups is 2. The van der Waals surface area contributed by atoms with Crippen LogP contribution in [-0.2, 0) is 9.53 Å². The number of rotatable bonds is 2. The Kier molecular flexibility index (Phi) is 5.97. The van der Waals surface area contributed by atoms with Crippen molar-refractivity contribution < 1.29 is 19.7 Å². The molecule has 0 saturated heterocycles. The van der Waals surface area contributed by atoms with Crippen LogP contribution in [0.2, 0.25) is 0 Å². The van der Waals surface area contributed by atoms with Crippen molar-refractivity contribution in [2.45, 2.75) is 138 Å². The first-order valence-corrected chi connectivity index (χ1v) is 15.0. The molecule has 5 aliphatic carbocycles. The molecule has 0 aliphatic heterocycles. The number of carbonyl (C=O) groups is 1. The molecule has 0 aromatic carbocycles. The lowest BCUT2D eigenvalue weighted by Gasteiger charge is -2.74. The third-order valence-corrected chi connectivity index (χ3v) is 13.7. The molecular weight excluding hydrogens is 448 g/mol. The normalized spacial score (nSPS) is 54.0. The van der Waals surface area contributed by atoms with Crippen LogP contribution in [0.25, 0.3) is 0 Å². The van der Waals surface area contributed by atoms with E-state index >= 15 is 0 Å². The molecular formula is C32H54O4. The molecule has 11 atom stereocenters. The van der Waals surface area contributed by atoms with Gasteiger partial charge in [-0.1, -0.05) is 48.0 Å². The monoisotopic (exact) mass is 502 g/mol. The van der Waals surface area contributed by atoms with Crippen LogP contribution < -0.4 is 0 Å². The molecule has 0 amide bonds. The van der Waals surface area contributed by atoms with Gasteiger partial charge in [0, 0.05) is 12.8 Å². The number of carbonyl (C=O) groups excluding carboxylic acids is 1. The van der Waals surface area contributed by atoms with Gasteiger partial charge in [0.25, 0.3) is 0 Å². The Bertz CT molecular complexity index is 904. The minimum atomic E-state index is -0.766. The second-order valence-corrected chi connectivity index (χ2v) is 16.3. The molecule has 0 bridgehead atoms. The zero-order valence-electron chi connectivity index (χ0n) is 24.6. The van der Waals surface area contributed by atoms with Crippen molar-refractivity contribution in [3.05, 3.63) is 0 Å². The second-order valence-electron chi connectivity index (χ2n) is 16.3. The highest BCUT2D eigenvalue weighted by Gasteiger charge is 2.74. The molecule has 5 rings (SSSR count). The average molecular weight is 503 g/mol. The molecule has 5 fully saturated rings. The summed E-state index contributed by atoms with van der Waals surface area (Å²) in [6.45, 7) is 20.3. The molecule has 36 heavy (non-hydrogen) atoms. The highest BCUT2D eigenvalue weighted by Crippen LogP contribution is 2.78. The van der Waals surface area contributed by atoms with E-state index in [-0.39, 0.29) is 51.0 Å². The fraction of sp³-hybridized carbons (Fsp3) is 0.969. The lowest BCUT2D eigenvalue weighted by Crippen LogP contribution is -2.70. The van der Waals surface area contributed by atoms with Gasteiger partial charge in [0.1, 0.15) is 6.10 Å². The molecule has 0 heterocycles. The van der Waals surface area contributed by atoms with E-state index in [0.717, 1.165) is 25.7 Å². The molecule has 5 saturated carbocycles. The van der Waals surface area contributed by atoms with E-state index in [9.17, 15) is 15.0 Å². The molecule has 0 radical (unpaired) electrons. The number of fused-ring (bicyclic) bond motifs is 7. The molecule has 0 aromatic heterocycles. The summed E-state index contributed by atoms with van der Waals surface area (Å²) in [5.41, 5.74) is -0.472. The molecule has 0 aromatic rings. The third kappa shape index (κ3) is 3.41. The van der Waals surface area contributed by atoms with Crippen LogP contribution in [0.5, 0.6) is 0 Å². The SMILES string of the molecule is CC(=O)OC1CC2(C)C(CCC3C4(C)CCC(C(C)(C)O)C4C(O)CC32C)C2(C)CCCC(C)(C)C12. The maximum Gasteiger partial charge on any atom is 0.302 e. The van der Waals surface area contributed by atoms with Crippen LogP contribution in [0.15, 0.2) is 0 Å². The predicted molar refractivity (Wildman–Crippen MR) is 143 cm³/mol. The fourth-order valence-corrected chi connectivity index (χ4v) is 12.7. The smallest absolute Gasteiger partial charge is 0.302 e. The minimum absolute atomic E-state index is 0.00349. The number of hydrogen-bond acceptors (Lipinski definition) is 4. The van der Waals surface area contributed by atoms with Crippen LogP contribution in [-0.4, -0.2) is 34.0 Å². The molecule has 4 heteroatoms. The van der Waals surface area contributed by atoms with Gasteiger partial charge in [-0.05, 0) is 116 Å². The van der Waals surface area contributed by atoms with Crippen LogP contribution in [0, 0.1) is 56.7 Å². The van der Waals surface area contributed by atoms with Crippen molar-refractivity contribution in [1.29, 1.82) is 0 Å². The molecule has 0 spiro atoms. The summed E-state index contributed by atoms with van der Waals surface area (Å²) in [6.07, 6.45) is 9.45. The minimum Gasteiger partial charge on any atom is -0.462 e.